The van der Waals surface area contributed by atoms with Crippen LogP contribution in [0.4, 0.5) is 9.18 Å². The van der Waals surface area contributed by atoms with Crippen molar-refractivity contribution in [3.63, 3.8) is 0 Å². The molecule has 1 fully saturated rings. The van der Waals surface area contributed by atoms with E-state index < -0.39 is 6.09 Å². The van der Waals surface area contributed by atoms with E-state index in [4.69, 9.17) is 4.74 Å². The zero-order valence-electron chi connectivity index (χ0n) is 7.50. The Balaban J connectivity index is 0.00000112. The molecule has 0 saturated carbocycles. The summed E-state index contributed by atoms with van der Waals surface area (Å²) in [6, 6.07) is 4.43. The highest BCUT2D eigenvalue weighted by molar-refractivity contribution is 9.10. The van der Waals surface area contributed by atoms with Crippen LogP contribution in [-0.2, 0) is 4.74 Å². The smallest absolute Gasteiger partial charge is 0.407 e. The van der Waals surface area contributed by atoms with E-state index in [1.165, 1.54) is 6.07 Å². The van der Waals surface area contributed by atoms with Crippen molar-refractivity contribution in [2.75, 3.05) is 6.61 Å². The molecule has 3 nitrogen and oxygen atoms in total. The van der Waals surface area contributed by atoms with Gasteiger partial charge in [-0.3, -0.25) is 0 Å². The van der Waals surface area contributed by atoms with Gasteiger partial charge in [0.25, 0.3) is 0 Å². The molecule has 1 aliphatic heterocycles. The third-order valence-corrected chi connectivity index (χ3v) is 2.63. The SMILES string of the molecule is Cl.O=C1N[C@H](c2ccc(F)c(Br)c2)CO1. The van der Waals surface area contributed by atoms with E-state index in [0.29, 0.717) is 4.47 Å². The lowest BCUT2D eigenvalue weighted by Crippen LogP contribution is -2.18. The molecule has 1 atom stereocenters. The average Bonchev–Trinajstić information content (AvgIpc) is 2.57. The number of carbonyl (C=O) groups excluding carboxylic acids is 1. The summed E-state index contributed by atoms with van der Waals surface area (Å²) in [5, 5.41) is 2.61. The van der Waals surface area contributed by atoms with Gasteiger partial charge in [0.1, 0.15) is 12.4 Å². The minimum Gasteiger partial charge on any atom is -0.447 e. The number of halogens is 3. The fraction of sp³-hybridized carbons (Fsp3) is 0.222. The lowest BCUT2D eigenvalue weighted by atomic mass is 10.1. The van der Waals surface area contributed by atoms with Gasteiger partial charge in [-0.2, -0.15) is 0 Å². The molecule has 0 unspecified atom stereocenters. The van der Waals surface area contributed by atoms with Crippen LogP contribution in [0.2, 0.25) is 0 Å². The van der Waals surface area contributed by atoms with Crippen molar-refractivity contribution < 1.29 is 13.9 Å². The summed E-state index contributed by atoms with van der Waals surface area (Å²) in [5.74, 6) is -0.320. The van der Waals surface area contributed by atoms with Gasteiger partial charge in [0, 0.05) is 0 Å². The molecule has 1 heterocycles. The molecule has 1 aromatic carbocycles. The second-order valence-electron chi connectivity index (χ2n) is 2.97. The Hall–Kier alpha value is -0.810. The number of alkyl carbamates (subject to hydrolysis) is 1. The first-order valence-corrected chi connectivity index (χ1v) is 4.84. The number of rotatable bonds is 1. The second kappa shape index (κ2) is 4.81. The molecule has 0 radical (unpaired) electrons. The van der Waals surface area contributed by atoms with E-state index in [2.05, 4.69) is 21.2 Å². The summed E-state index contributed by atoms with van der Waals surface area (Å²) in [5.41, 5.74) is 0.823. The van der Waals surface area contributed by atoms with Gasteiger partial charge in [-0.25, -0.2) is 9.18 Å². The monoisotopic (exact) mass is 295 g/mol. The van der Waals surface area contributed by atoms with Crippen LogP contribution in [0.1, 0.15) is 11.6 Å². The van der Waals surface area contributed by atoms with Crippen molar-refractivity contribution in [1.29, 1.82) is 0 Å². The highest BCUT2D eigenvalue weighted by Gasteiger charge is 2.23. The third kappa shape index (κ3) is 2.60. The van der Waals surface area contributed by atoms with Crippen molar-refractivity contribution in [1.82, 2.24) is 5.32 Å². The maximum atomic E-state index is 12.9. The summed E-state index contributed by atoms with van der Waals surface area (Å²) >= 11 is 3.08. The molecule has 0 spiro atoms. The highest BCUT2D eigenvalue weighted by atomic mass is 79.9. The lowest BCUT2D eigenvalue weighted by molar-refractivity contribution is 0.177. The van der Waals surface area contributed by atoms with Crippen molar-refractivity contribution in [2.24, 2.45) is 0 Å². The summed E-state index contributed by atoms with van der Waals surface area (Å²) in [6.45, 7) is 0.289. The van der Waals surface area contributed by atoms with Gasteiger partial charge in [-0.1, -0.05) is 6.07 Å². The normalized spacial score (nSPS) is 19.1. The molecule has 6 heteroatoms. The van der Waals surface area contributed by atoms with Crippen LogP contribution in [0.25, 0.3) is 0 Å². The van der Waals surface area contributed by atoms with Gasteiger partial charge in [0.05, 0.1) is 10.5 Å². The number of nitrogens with one attached hydrogen (secondary N) is 1. The van der Waals surface area contributed by atoms with Gasteiger partial charge in [-0.05, 0) is 33.6 Å². The number of benzene rings is 1. The standard InChI is InChI=1S/C9H7BrFNO2.ClH/c10-6-3-5(1-2-7(6)11)8-4-14-9(13)12-8;/h1-3,8H,4H2,(H,12,13);1H/t8-;/m0./s1. The minimum atomic E-state index is -0.435. The average molecular weight is 297 g/mol. The van der Waals surface area contributed by atoms with Crippen LogP contribution in [0.3, 0.4) is 0 Å². The molecule has 0 aromatic heterocycles. The number of ether oxygens (including phenoxy) is 1. The van der Waals surface area contributed by atoms with Crippen LogP contribution in [0.15, 0.2) is 22.7 Å². The maximum Gasteiger partial charge on any atom is 0.407 e. The predicted molar refractivity (Wildman–Crippen MR) is 58.6 cm³/mol. The number of carbonyl (C=O) groups is 1. The summed E-state index contributed by atoms with van der Waals surface area (Å²) < 4.78 is 18.0. The predicted octanol–water partition coefficient (Wildman–Crippen LogP) is 2.79. The topological polar surface area (TPSA) is 38.3 Å². The Morgan fingerprint density at radius 3 is 2.80 bits per heavy atom. The molecule has 0 aliphatic carbocycles. The number of hydrogen-bond donors (Lipinski definition) is 1. The molecule has 82 valence electrons. The molecule has 0 bridgehead atoms. The first kappa shape index (κ1) is 12.3. The van der Waals surface area contributed by atoms with Gasteiger partial charge < -0.3 is 10.1 Å². The van der Waals surface area contributed by atoms with Gasteiger partial charge >= 0.3 is 6.09 Å². The van der Waals surface area contributed by atoms with E-state index in [1.54, 1.807) is 12.1 Å². The molecule has 1 aromatic rings. The second-order valence-corrected chi connectivity index (χ2v) is 3.82. The van der Waals surface area contributed by atoms with Crippen LogP contribution in [-0.4, -0.2) is 12.7 Å². The molecule has 15 heavy (non-hydrogen) atoms. The van der Waals surface area contributed by atoms with Crippen LogP contribution >= 0.6 is 28.3 Å². The molecular formula is C9H8BrClFNO2. The largest absolute Gasteiger partial charge is 0.447 e. The number of cyclic esters (lactones) is 1. The van der Waals surface area contributed by atoms with E-state index in [0.717, 1.165) is 5.56 Å². The number of hydrogen-bond acceptors (Lipinski definition) is 2. The van der Waals surface area contributed by atoms with Crippen LogP contribution in [0.5, 0.6) is 0 Å². The Labute approximate surface area is 101 Å². The summed E-state index contributed by atoms with van der Waals surface area (Å²) in [7, 11) is 0. The Bertz CT molecular complexity index is 388. The summed E-state index contributed by atoms with van der Waals surface area (Å²) in [4.78, 5) is 10.8. The Kier molecular flexibility index (Phi) is 3.93. The number of amides is 1. The van der Waals surface area contributed by atoms with Gasteiger partial charge in [-0.15, -0.1) is 12.4 Å². The first-order chi connectivity index (χ1) is 6.66. The zero-order chi connectivity index (χ0) is 10.1. The van der Waals surface area contributed by atoms with Crippen LogP contribution < -0.4 is 5.32 Å². The molecular weight excluding hydrogens is 288 g/mol. The van der Waals surface area contributed by atoms with Crippen molar-refractivity contribution in [2.45, 2.75) is 6.04 Å². The molecule has 2 rings (SSSR count). The zero-order valence-corrected chi connectivity index (χ0v) is 9.90. The molecule has 1 saturated heterocycles. The molecule has 1 aliphatic rings. The molecule has 1 amide bonds. The minimum absolute atomic E-state index is 0. The van der Waals surface area contributed by atoms with Crippen LogP contribution in [0, 0.1) is 5.82 Å². The molecule has 1 N–H and O–H groups in total. The highest BCUT2D eigenvalue weighted by Crippen LogP contribution is 2.23. The quantitative estimate of drug-likeness (QED) is 0.865. The fourth-order valence-corrected chi connectivity index (χ4v) is 1.69. The Morgan fingerprint density at radius 2 is 2.27 bits per heavy atom. The van der Waals surface area contributed by atoms with Crippen molar-refractivity contribution in [3.05, 3.63) is 34.1 Å². The maximum absolute atomic E-state index is 12.9. The third-order valence-electron chi connectivity index (χ3n) is 2.02. The van der Waals surface area contributed by atoms with E-state index in [9.17, 15) is 9.18 Å². The Morgan fingerprint density at radius 1 is 1.53 bits per heavy atom. The van der Waals surface area contributed by atoms with Gasteiger partial charge in [0.15, 0.2) is 0 Å². The summed E-state index contributed by atoms with van der Waals surface area (Å²) in [6.07, 6.45) is -0.435. The fourth-order valence-electron chi connectivity index (χ4n) is 1.29. The van der Waals surface area contributed by atoms with Gasteiger partial charge in [0.2, 0.25) is 0 Å². The van der Waals surface area contributed by atoms with Crippen molar-refractivity contribution in [3.8, 4) is 0 Å². The van der Waals surface area contributed by atoms with E-state index in [1.807, 2.05) is 0 Å². The van der Waals surface area contributed by atoms with E-state index in [-0.39, 0.29) is 30.9 Å². The van der Waals surface area contributed by atoms with E-state index >= 15 is 0 Å². The lowest BCUT2D eigenvalue weighted by Gasteiger charge is -2.07. The first-order valence-electron chi connectivity index (χ1n) is 4.05. The van der Waals surface area contributed by atoms with Crippen molar-refractivity contribution >= 4 is 34.4 Å².